The Morgan fingerprint density at radius 3 is 2.04 bits per heavy atom. The summed E-state index contributed by atoms with van der Waals surface area (Å²) in [4.78, 5) is 119. The minimum Gasteiger partial charge on any atom is -0.370 e. The van der Waals surface area contributed by atoms with Crippen molar-refractivity contribution in [2.75, 3.05) is 13.1 Å². The number of para-hydroxylation sites is 1. The second-order valence-electron chi connectivity index (χ2n) is 16.4. The third kappa shape index (κ3) is 17.9. The van der Waals surface area contributed by atoms with Gasteiger partial charge >= 0.3 is 0 Å². The minimum atomic E-state index is -1.35. The van der Waals surface area contributed by atoms with Gasteiger partial charge in [0.1, 0.15) is 30.2 Å². The molecule has 0 aliphatic carbocycles. The second-order valence-corrected chi connectivity index (χ2v) is 16.4. The lowest BCUT2D eigenvalue weighted by atomic mass is 10.0. The molecule has 2 aromatic heterocycles. The van der Waals surface area contributed by atoms with Gasteiger partial charge in [0.05, 0.1) is 6.33 Å². The van der Waals surface area contributed by atoms with Gasteiger partial charge in [-0.15, -0.1) is 0 Å². The fourth-order valence-corrected chi connectivity index (χ4v) is 7.37. The average molecular weight is 941 g/mol. The van der Waals surface area contributed by atoms with Crippen LogP contribution in [0.1, 0.15) is 75.6 Å². The molecule has 2 aromatic carbocycles. The number of hydrogen-bond donors (Lipinski definition) is 12. The number of carbonyl (C=O) groups excluding carboxylic acids is 8. The number of carbonyl (C=O) groups is 8. The smallest absolute Gasteiger partial charge is 0.243 e. The number of aliphatic imine (C=N–C) groups is 1. The summed E-state index contributed by atoms with van der Waals surface area (Å²) < 4.78 is 0. The van der Waals surface area contributed by atoms with Crippen molar-refractivity contribution in [2.45, 2.75) is 114 Å². The molecule has 0 fully saturated rings. The van der Waals surface area contributed by atoms with Crippen LogP contribution in [0.2, 0.25) is 0 Å². The van der Waals surface area contributed by atoms with E-state index in [1.165, 1.54) is 12.5 Å². The average Bonchev–Trinajstić information content (AvgIpc) is 3.98. The molecule has 15 N–H and O–H groups in total. The molecule has 0 aliphatic rings. The Hall–Kier alpha value is -7.78. The Balaban J connectivity index is 1.44. The standard InChI is InChI=1S/C46H64N14O8/c1-3-10-40(63)57-35(43(66)60-38(23-31-25-50-26-54-31)45(68)56-28(2)21-29-11-5-4-6-12-29)16-17-39(62)51-20-18-36(58-42(65)34(55-27-61)15-9-19-52-46(48)49)44(67)59-37(41(47)64)22-30-24-53-33-14-8-7-13-32(30)33/h4-8,11-14,24-28,34-38,53H,3,9-10,15-23H2,1-2H3,(H2,47,64)(H,50,54)(H,51,62)(H,55,61)(H,56,68)(H,57,63)(H,58,65)(H,59,67)(H,60,66)(H4,48,49,52)/t28?,34-,35?,36?,37-,38-/m0/s1. The van der Waals surface area contributed by atoms with Crippen molar-refractivity contribution >= 4 is 64.6 Å². The quantitative estimate of drug-likeness (QED) is 0.0132. The van der Waals surface area contributed by atoms with E-state index in [9.17, 15) is 38.4 Å². The van der Waals surface area contributed by atoms with E-state index >= 15 is 0 Å². The summed E-state index contributed by atoms with van der Waals surface area (Å²) in [5.74, 6) is -4.65. The molecule has 0 radical (unpaired) electrons. The molecule has 22 heteroatoms. The molecule has 0 spiro atoms. The van der Waals surface area contributed by atoms with E-state index in [4.69, 9.17) is 17.2 Å². The minimum absolute atomic E-state index is 0.0219. The van der Waals surface area contributed by atoms with Gasteiger partial charge in [-0.25, -0.2) is 4.98 Å². The highest BCUT2D eigenvalue weighted by atomic mass is 16.2. The molecule has 0 bridgehead atoms. The zero-order chi connectivity index (χ0) is 49.4. The van der Waals surface area contributed by atoms with Crippen LogP contribution >= 0.6 is 0 Å². The summed E-state index contributed by atoms with van der Waals surface area (Å²) in [6, 6.07) is 10.7. The van der Waals surface area contributed by atoms with Gasteiger partial charge in [0.15, 0.2) is 5.96 Å². The number of guanidine groups is 1. The number of aromatic amines is 2. The monoisotopic (exact) mass is 941 g/mol. The maximum atomic E-state index is 13.9. The number of benzene rings is 2. The van der Waals surface area contributed by atoms with E-state index in [-0.39, 0.29) is 70.0 Å². The van der Waals surface area contributed by atoms with Gasteiger partial charge in [0.2, 0.25) is 47.8 Å². The number of primary amides is 1. The van der Waals surface area contributed by atoms with Crippen LogP contribution in [0.15, 0.2) is 78.3 Å². The Morgan fingerprint density at radius 2 is 1.37 bits per heavy atom. The number of aromatic nitrogens is 3. The van der Waals surface area contributed by atoms with Gasteiger partial charge in [-0.05, 0) is 62.6 Å². The number of amides is 8. The number of nitrogens with zero attached hydrogens (tertiary/aromatic N) is 2. The van der Waals surface area contributed by atoms with Crippen molar-refractivity contribution < 1.29 is 38.4 Å². The maximum absolute atomic E-state index is 13.9. The van der Waals surface area contributed by atoms with E-state index in [1.807, 2.05) is 61.5 Å². The van der Waals surface area contributed by atoms with Crippen LogP contribution in [-0.4, -0.2) is 118 Å². The Labute approximate surface area is 394 Å². The summed E-state index contributed by atoms with van der Waals surface area (Å²) in [5, 5.41) is 19.6. The van der Waals surface area contributed by atoms with Gasteiger partial charge in [0.25, 0.3) is 0 Å². The summed E-state index contributed by atoms with van der Waals surface area (Å²) in [6.45, 7) is 3.63. The Kier molecular flexibility index (Phi) is 21.5. The Bertz CT molecular complexity index is 2320. The number of nitrogens with one attached hydrogen (secondary N) is 9. The molecule has 22 nitrogen and oxygen atoms in total. The lowest BCUT2D eigenvalue weighted by molar-refractivity contribution is -0.133. The highest BCUT2D eigenvalue weighted by molar-refractivity contribution is 5.94. The summed E-state index contributed by atoms with van der Waals surface area (Å²) >= 11 is 0. The predicted molar refractivity (Wildman–Crippen MR) is 254 cm³/mol. The largest absolute Gasteiger partial charge is 0.370 e. The molecule has 4 aromatic rings. The summed E-state index contributed by atoms with van der Waals surface area (Å²) in [7, 11) is 0. The van der Waals surface area contributed by atoms with Crippen LogP contribution in [0, 0.1) is 0 Å². The van der Waals surface area contributed by atoms with Crippen molar-refractivity contribution in [3.8, 4) is 0 Å². The number of H-pyrrole nitrogens is 2. The first-order valence-electron chi connectivity index (χ1n) is 22.5. The van der Waals surface area contributed by atoms with Crippen molar-refractivity contribution in [3.05, 3.63) is 90.1 Å². The van der Waals surface area contributed by atoms with E-state index < -0.39 is 71.6 Å². The molecule has 0 aliphatic heterocycles. The van der Waals surface area contributed by atoms with Crippen LogP contribution in [0.4, 0.5) is 0 Å². The molecular formula is C46H64N14O8. The van der Waals surface area contributed by atoms with Gasteiger partial charge in [0, 0.05) is 73.8 Å². The van der Waals surface area contributed by atoms with E-state index in [0.717, 1.165) is 16.5 Å². The summed E-state index contributed by atoms with van der Waals surface area (Å²) in [5.41, 5.74) is 19.6. The molecule has 4 rings (SSSR count). The normalized spacial score (nSPS) is 13.6. The molecule has 0 saturated heterocycles. The number of imidazole rings is 1. The van der Waals surface area contributed by atoms with Gasteiger partial charge in [-0.3, -0.25) is 43.3 Å². The van der Waals surface area contributed by atoms with E-state index in [0.29, 0.717) is 36.9 Å². The molecule has 68 heavy (non-hydrogen) atoms. The first-order valence-corrected chi connectivity index (χ1v) is 22.5. The van der Waals surface area contributed by atoms with Crippen molar-refractivity contribution in [2.24, 2.45) is 22.2 Å². The Morgan fingerprint density at radius 1 is 0.706 bits per heavy atom. The maximum Gasteiger partial charge on any atom is 0.243 e. The third-order valence-corrected chi connectivity index (χ3v) is 10.9. The van der Waals surface area contributed by atoms with Crippen LogP contribution in [0.3, 0.4) is 0 Å². The highest BCUT2D eigenvalue weighted by Crippen LogP contribution is 2.19. The zero-order valence-corrected chi connectivity index (χ0v) is 38.3. The highest BCUT2D eigenvalue weighted by Gasteiger charge is 2.31. The van der Waals surface area contributed by atoms with Crippen molar-refractivity contribution in [1.29, 1.82) is 0 Å². The fourth-order valence-electron chi connectivity index (χ4n) is 7.37. The van der Waals surface area contributed by atoms with Gasteiger partial charge in [-0.2, -0.15) is 0 Å². The third-order valence-electron chi connectivity index (χ3n) is 10.9. The fraction of sp³-hybridized carbons (Fsp3) is 0.435. The molecule has 6 atom stereocenters. The lowest BCUT2D eigenvalue weighted by Gasteiger charge is -2.25. The molecule has 2 heterocycles. The number of nitrogens with two attached hydrogens (primary N) is 3. The number of rotatable bonds is 30. The predicted octanol–water partition coefficient (Wildman–Crippen LogP) is -0.897. The van der Waals surface area contributed by atoms with Gasteiger partial charge < -0.3 is 64.4 Å². The first kappa shape index (κ1) is 52.8. The lowest BCUT2D eigenvalue weighted by Crippen LogP contribution is -2.56. The SMILES string of the molecule is CCCC(=O)NC(CCC(=O)NCCC(NC(=O)[C@H](CCCN=C(N)N)NC=O)C(=O)N[C@@H](Cc1c[nH]c2ccccc12)C(N)=O)C(=O)N[C@@H](Cc1cnc[nH]1)C(=O)NC(C)Cc1ccccc1. The van der Waals surface area contributed by atoms with Crippen molar-refractivity contribution in [3.63, 3.8) is 0 Å². The van der Waals surface area contributed by atoms with Crippen LogP contribution in [-0.2, 0) is 57.6 Å². The van der Waals surface area contributed by atoms with E-state index in [1.54, 1.807) is 13.1 Å². The van der Waals surface area contributed by atoms with Crippen LogP contribution in [0.25, 0.3) is 10.9 Å². The molecule has 0 saturated carbocycles. The van der Waals surface area contributed by atoms with Gasteiger partial charge in [-0.1, -0.05) is 55.5 Å². The molecule has 366 valence electrons. The number of fused-ring (bicyclic) bond motifs is 1. The summed E-state index contributed by atoms with van der Waals surface area (Å²) in [6.07, 6.45) is 6.02. The second kappa shape index (κ2) is 27.6. The topological polar surface area (TPSA) is 356 Å². The molecular weight excluding hydrogens is 877 g/mol. The zero-order valence-electron chi connectivity index (χ0n) is 38.3. The first-order chi connectivity index (χ1) is 32.7. The number of hydrogen-bond acceptors (Lipinski definition) is 10. The van der Waals surface area contributed by atoms with E-state index in [2.05, 4.69) is 57.2 Å². The van der Waals surface area contributed by atoms with Crippen LogP contribution in [0.5, 0.6) is 0 Å². The molecule has 8 amide bonds. The van der Waals surface area contributed by atoms with Crippen molar-refractivity contribution in [1.82, 2.24) is 52.2 Å². The van der Waals surface area contributed by atoms with Crippen LogP contribution < -0.4 is 54.4 Å². The molecule has 3 unspecified atom stereocenters.